The molecule has 1 aromatic rings. The number of phenols is 2. The van der Waals surface area contributed by atoms with Gasteiger partial charge in [0, 0.05) is 11.1 Å². The molecule has 0 fully saturated rings. The van der Waals surface area contributed by atoms with Crippen molar-refractivity contribution >= 4 is 0 Å². The molecule has 0 aliphatic heterocycles. The molecular formula is C30H54O2. The minimum Gasteiger partial charge on any atom is -0.508 e. The number of unbranched alkanes of at least 4 members (excludes halogenated alkanes) is 12. The normalized spacial score (nSPS) is 12.4. The van der Waals surface area contributed by atoms with Gasteiger partial charge in [-0.2, -0.15) is 0 Å². The smallest absolute Gasteiger partial charge is 0.119 e. The van der Waals surface area contributed by atoms with Gasteiger partial charge in [0.15, 0.2) is 0 Å². The first-order valence-corrected chi connectivity index (χ1v) is 13.7. The van der Waals surface area contributed by atoms with Gasteiger partial charge in [-0.3, -0.25) is 0 Å². The van der Waals surface area contributed by atoms with Gasteiger partial charge in [0.2, 0.25) is 0 Å². The third-order valence-electron chi connectivity index (χ3n) is 7.38. The number of hydrogen-bond donors (Lipinski definition) is 2. The van der Waals surface area contributed by atoms with Gasteiger partial charge >= 0.3 is 0 Å². The van der Waals surface area contributed by atoms with E-state index in [9.17, 15) is 10.2 Å². The Kier molecular flexibility index (Phi) is 13.4. The van der Waals surface area contributed by atoms with E-state index in [1.54, 1.807) is 0 Å². The van der Waals surface area contributed by atoms with Crippen molar-refractivity contribution in [3.8, 4) is 11.5 Å². The minimum absolute atomic E-state index is 0.133. The van der Waals surface area contributed by atoms with Crippen LogP contribution in [-0.4, -0.2) is 10.2 Å². The molecule has 0 aliphatic carbocycles. The molecule has 2 heteroatoms. The van der Waals surface area contributed by atoms with Crippen molar-refractivity contribution in [3.63, 3.8) is 0 Å². The number of benzene rings is 1. The van der Waals surface area contributed by atoms with E-state index in [1.165, 1.54) is 89.9 Å². The predicted octanol–water partition coefficient (Wildman–Crippen LogP) is 9.93. The average molecular weight is 447 g/mol. The van der Waals surface area contributed by atoms with Crippen molar-refractivity contribution in [2.45, 2.75) is 155 Å². The lowest BCUT2D eigenvalue weighted by Gasteiger charge is -2.30. The van der Waals surface area contributed by atoms with Gasteiger partial charge in [0.25, 0.3) is 0 Å². The summed E-state index contributed by atoms with van der Waals surface area (Å²) in [6, 6.07) is 3.69. The Morgan fingerprint density at radius 2 is 0.781 bits per heavy atom. The Balaban J connectivity index is 2.64. The zero-order chi connectivity index (χ0) is 24.0. The lowest BCUT2D eigenvalue weighted by molar-refractivity contribution is 0.380. The SMILES string of the molecule is CCCCCCCCCC(C)(C)c1cc(O)c(C(C)(C)CCCCCCCCC)cc1O. The average Bonchev–Trinajstić information content (AvgIpc) is 2.73. The summed E-state index contributed by atoms with van der Waals surface area (Å²) in [6.45, 7) is 13.3. The number of phenolic OH excluding ortho intramolecular Hbond substituents is 2. The maximum absolute atomic E-state index is 10.9. The molecule has 1 aromatic carbocycles. The van der Waals surface area contributed by atoms with Gasteiger partial charge < -0.3 is 10.2 Å². The van der Waals surface area contributed by atoms with Crippen LogP contribution < -0.4 is 0 Å². The quantitative estimate of drug-likeness (QED) is 0.174. The van der Waals surface area contributed by atoms with Crippen molar-refractivity contribution in [1.82, 2.24) is 0 Å². The molecule has 0 bridgehead atoms. The summed E-state index contributed by atoms with van der Waals surface area (Å²) in [4.78, 5) is 0. The molecule has 0 spiro atoms. The van der Waals surface area contributed by atoms with Crippen molar-refractivity contribution in [3.05, 3.63) is 23.3 Å². The summed E-state index contributed by atoms with van der Waals surface area (Å²) in [7, 11) is 0. The molecule has 0 aliphatic rings. The van der Waals surface area contributed by atoms with E-state index >= 15 is 0 Å². The molecular weight excluding hydrogens is 392 g/mol. The van der Waals surface area contributed by atoms with Crippen LogP contribution >= 0.6 is 0 Å². The van der Waals surface area contributed by atoms with E-state index in [-0.39, 0.29) is 10.8 Å². The summed E-state index contributed by atoms with van der Waals surface area (Å²) >= 11 is 0. The molecule has 2 nitrogen and oxygen atoms in total. The van der Waals surface area contributed by atoms with E-state index in [2.05, 4.69) is 41.5 Å². The molecule has 0 heterocycles. The van der Waals surface area contributed by atoms with E-state index in [1.807, 2.05) is 12.1 Å². The van der Waals surface area contributed by atoms with Crippen LogP contribution in [0.4, 0.5) is 0 Å². The number of aromatic hydroxyl groups is 2. The van der Waals surface area contributed by atoms with Gasteiger partial charge in [-0.25, -0.2) is 0 Å². The molecule has 0 saturated carbocycles. The highest BCUT2D eigenvalue weighted by molar-refractivity contribution is 5.50. The second kappa shape index (κ2) is 14.9. The van der Waals surface area contributed by atoms with Crippen molar-refractivity contribution in [2.24, 2.45) is 0 Å². The van der Waals surface area contributed by atoms with Crippen LogP contribution in [0.3, 0.4) is 0 Å². The van der Waals surface area contributed by atoms with Crippen LogP contribution in [0.25, 0.3) is 0 Å². The summed E-state index contributed by atoms with van der Waals surface area (Å²) < 4.78 is 0. The molecule has 0 aromatic heterocycles. The number of hydrogen-bond acceptors (Lipinski definition) is 2. The maximum Gasteiger partial charge on any atom is 0.119 e. The Morgan fingerprint density at radius 1 is 0.500 bits per heavy atom. The standard InChI is InChI=1S/C30H54O2/c1-7-9-11-13-15-17-19-21-29(3,4)25-23-28(32)26(24-27(25)31)30(5,6)22-20-18-16-14-12-10-8-2/h23-24,31-32H,7-22H2,1-6H3. The largest absolute Gasteiger partial charge is 0.508 e. The zero-order valence-electron chi connectivity index (χ0n) is 22.4. The summed E-state index contributed by atoms with van der Waals surface area (Å²) in [5.41, 5.74) is 1.51. The third kappa shape index (κ3) is 10.2. The molecule has 0 unspecified atom stereocenters. The highest BCUT2D eigenvalue weighted by atomic mass is 16.3. The minimum atomic E-state index is -0.133. The van der Waals surface area contributed by atoms with E-state index in [0.29, 0.717) is 11.5 Å². The molecule has 1 rings (SSSR count). The van der Waals surface area contributed by atoms with Gasteiger partial charge in [-0.1, -0.05) is 131 Å². The highest BCUT2D eigenvalue weighted by Crippen LogP contribution is 2.43. The highest BCUT2D eigenvalue weighted by Gasteiger charge is 2.29. The summed E-state index contributed by atoms with van der Waals surface area (Å²) in [6.07, 6.45) is 20.2. The Morgan fingerprint density at radius 3 is 1.09 bits per heavy atom. The first kappa shape index (κ1) is 28.9. The van der Waals surface area contributed by atoms with Crippen molar-refractivity contribution in [1.29, 1.82) is 0 Å². The first-order chi connectivity index (χ1) is 15.2. The van der Waals surface area contributed by atoms with Gasteiger partial charge in [0.05, 0.1) is 0 Å². The monoisotopic (exact) mass is 446 g/mol. The van der Waals surface area contributed by atoms with Crippen LogP contribution in [-0.2, 0) is 10.8 Å². The maximum atomic E-state index is 10.9. The summed E-state index contributed by atoms with van der Waals surface area (Å²) in [5, 5.41) is 21.8. The topological polar surface area (TPSA) is 40.5 Å². The fourth-order valence-corrected chi connectivity index (χ4v) is 4.98. The lowest BCUT2D eigenvalue weighted by Crippen LogP contribution is -2.20. The van der Waals surface area contributed by atoms with Crippen LogP contribution in [0.15, 0.2) is 12.1 Å². The van der Waals surface area contributed by atoms with E-state index in [4.69, 9.17) is 0 Å². The van der Waals surface area contributed by atoms with Crippen molar-refractivity contribution in [2.75, 3.05) is 0 Å². The van der Waals surface area contributed by atoms with Crippen LogP contribution in [0.2, 0.25) is 0 Å². The van der Waals surface area contributed by atoms with Gasteiger partial charge in [-0.05, 0) is 35.8 Å². The second-order valence-corrected chi connectivity index (χ2v) is 11.4. The van der Waals surface area contributed by atoms with Gasteiger partial charge in [0.1, 0.15) is 11.5 Å². The molecule has 32 heavy (non-hydrogen) atoms. The third-order valence-corrected chi connectivity index (χ3v) is 7.38. The van der Waals surface area contributed by atoms with Crippen LogP contribution in [0.5, 0.6) is 11.5 Å². The zero-order valence-corrected chi connectivity index (χ0v) is 22.4. The fourth-order valence-electron chi connectivity index (χ4n) is 4.98. The Bertz CT molecular complexity index is 574. The number of rotatable bonds is 18. The molecule has 2 N–H and O–H groups in total. The molecule has 0 saturated heterocycles. The second-order valence-electron chi connectivity index (χ2n) is 11.4. The van der Waals surface area contributed by atoms with Crippen LogP contribution in [0.1, 0.15) is 155 Å². The fraction of sp³-hybridized carbons (Fsp3) is 0.800. The molecule has 0 amide bonds. The molecule has 186 valence electrons. The Hall–Kier alpha value is -1.18. The van der Waals surface area contributed by atoms with Gasteiger partial charge in [-0.15, -0.1) is 0 Å². The van der Waals surface area contributed by atoms with Crippen molar-refractivity contribution < 1.29 is 10.2 Å². The lowest BCUT2D eigenvalue weighted by atomic mass is 9.75. The predicted molar refractivity (Wildman–Crippen MR) is 141 cm³/mol. The van der Waals surface area contributed by atoms with E-state index in [0.717, 1.165) is 24.0 Å². The molecule has 0 atom stereocenters. The first-order valence-electron chi connectivity index (χ1n) is 13.7. The van der Waals surface area contributed by atoms with E-state index < -0.39 is 0 Å². The van der Waals surface area contributed by atoms with Crippen LogP contribution in [0, 0.1) is 0 Å². The molecule has 0 radical (unpaired) electrons. The Labute approximate surface area is 200 Å². The summed E-state index contributed by atoms with van der Waals surface area (Å²) in [5.74, 6) is 0.691.